The third-order valence-electron chi connectivity index (χ3n) is 4.96. The van der Waals surface area contributed by atoms with Gasteiger partial charge in [-0.15, -0.1) is 15.3 Å². The van der Waals surface area contributed by atoms with Crippen molar-refractivity contribution >= 4 is 57.6 Å². The number of benzene rings is 3. The summed E-state index contributed by atoms with van der Waals surface area (Å²) < 4.78 is 3.56. The van der Waals surface area contributed by atoms with Gasteiger partial charge in [-0.2, -0.15) is 4.68 Å². The Hall–Kier alpha value is -3.40. The quantitative estimate of drug-likeness (QED) is 0.294. The van der Waals surface area contributed by atoms with Crippen LogP contribution < -0.4 is 5.32 Å². The molecule has 5 aromatic rings. The molecule has 0 spiro atoms. The molecular formula is C23H17Cl2N7OS. The minimum Gasteiger partial charge on any atom is -0.324 e. The van der Waals surface area contributed by atoms with Gasteiger partial charge >= 0.3 is 0 Å². The van der Waals surface area contributed by atoms with Crippen LogP contribution in [0.4, 0.5) is 5.69 Å². The van der Waals surface area contributed by atoms with Crippen LogP contribution >= 0.6 is 35.0 Å². The van der Waals surface area contributed by atoms with Crippen molar-refractivity contribution in [2.24, 2.45) is 0 Å². The van der Waals surface area contributed by atoms with Crippen LogP contribution in [0.15, 0.2) is 78.0 Å². The molecule has 0 atom stereocenters. The van der Waals surface area contributed by atoms with Gasteiger partial charge in [-0.3, -0.25) is 9.36 Å². The number of nitrogens with zero attached hydrogens (tertiary/aromatic N) is 6. The molecule has 2 aromatic heterocycles. The molecule has 5 rings (SSSR count). The first kappa shape index (κ1) is 22.4. The maximum atomic E-state index is 12.5. The highest BCUT2D eigenvalue weighted by atomic mass is 35.5. The lowest BCUT2D eigenvalue weighted by Crippen LogP contribution is -2.13. The van der Waals surface area contributed by atoms with E-state index in [1.807, 2.05) is 59.2 Å². The van der Waals surface area contributed by atoms with Gasteiger partial charge in [0.1, 0.15) is 5.52 Å². The maximum absolute atomic E-state index is 12.5. The van der Waals surface area contributed by atoms with Crippen LogP contribution in [0.5, 0.6) is 0 Å². The molecule has 0 aliphatic carbocycles. The van der Waals surface area contributed by atoms with Crippen LogP contribution in [0.3, 0.4) is 0 Å². The zero-order valence-corrected chi connectivity index (χ0v) is 19.9. The molecule has 8 nitrogen and oxygen atoms in total. The molecule has 0 saturated carbocycles. The second kappa shape index (κ2) is 9.84. The zero-order chi connectivity index (χ0) is 23.5. The predicted molar refractivity (Wildman–Crippen MR) is 134 cm³/mol. The largest absolute Gasteiger partial charge is 0.324 e. The number of carbonyl (C=O) groups excluding carboxylic acids is 1. The van der Waals surface area contributed by atoms with Crippen molar-refractivity contribution in [3.05, 3.63) is 82.8 Å². The van der Waals surface area contributed by atoms with Gasteiger partial charge in [-0.1, -0.05) is 76.6 Å². The smallest absolute Gasteiger partial charge is 0.259 e. The third-order valence-corrected chi connectivity index (χ3v) is 6.52. The van der Waals surface area contributed by atoms with E-state index in [1.54, 1.807) is 22.9 Å². The topological polar surface area (TPSA) is 90.5 Å². The molecule has 0 radical (unpaired) electrons. The van der Waals surface area contributed by atoms with Crippen LogP contribution in [0.25, 0.3) is 22.7 Å². The molecule has 2 heterocycles. The Labute approximate surface area is 208 Å². The Kier molecular flexibility index (Phi) is 6.48. The number of halogens is 2. The monoisotopic (exact) mass is 509 g/mol. The van der Waals surface area contributed by atoms with E-state index in [-0.39, 0.29) is 12.3 Å². The van der Waals surface area contributed by atoms with E-state index < -0.39 is 0 Å². The predicted octanol–water partition coefficient (Wildman–Crippen LogP) is 5.43. The summed E-state index contributed by atoms with van der Waals surface area (Å²) in [6.45, 7) is 0. The second-order valence-corrected chi connectivity index (χ2v) is 9.06. The lowest BCUT2D eigenvalue weighted by Gasteiger charge is -2.11. The number of amides is 1. The standard InChI is InChI=1S/C23H17Cl2N7OS/c24-16-9-6-10-17(25)21(16)26-20(33)13-14-34-23-29-28-22(31(23)15-7-2-1-3-8-15)32-19-12-5-4-11-18(19)27-30-32/h1-12H,13-14H2,(H,26,33). The van der Waals surface area contributed by atoms with Crippen LogP contribution in [0.2, 0.25) is 10.0 Å². The SMILES string of the molecule is O=C(CCSc1nnc(-n2nnc3ccccc32)n1-c1ccccc1)Nc1c(Cl)cccc1Cl. The number of thioether (sulfide) groups is 1. The molecule has 170 valence electrons. The third kappa shape index (κ3) is 4.50. The summed E-state index contributed by atoms with van der Waals surface area (Å²) in [5.74, 6) is 0.780. The van der Waals surface area contributed by atoms with Crippen molar-refractivity contribution < 1.29 is 4.79 Å². The van der Waals surface area contributed by atoms with E-state index in [2.05, 4.69) is 25.8 Å². The molecule has 0 aliphatic heterocycles. The molecule has 1 N–H and O–H groups in total. The van der Waals surface area contributed by atoms with Crippen molar-refractivity contribution in [1.82, 2.24) is 29.8 Å². The van der Waals surface area contributed by atoms with Gasteiger partial charge in [0.15, 0.2) is 5.16 Å². The Morgan fingerprint density at radius 1 is 0.882 bits per heavy atom. The molecule has 3 aromatic carbocycles. The van der Waals surface area contributed by atoms with Gasteiger partial charge in [0.05, 0.1) is 26.9 Å². The summed E-state index contributed by atoms with van der Waals surface area (Å²) in [6.07, 6.45) is 0.232. The second-order valence-electron chi connectivity index (χ2n) is 7.19. The lowest BCUT2D eigenvalue weighted by atomic mass is 10.3. The molecule has 1 amide bonds. The first-order valence-electron chi connectivity index (χ1n) is 10.3. The zero-order valence-electron chi connectivity index (χ0n) is 17.6. The fourth-order valence-electron chi connectivity index (χ4n) is 3.37. The molecule has 34 heavy (non-hydrogen) atoms. The summed E-state index contributed by atoms with van der Waals surface area (Å²) in [6, 6.07) is 22.5. The fourth-order valence-corrected chi connectivity index (χ4v) is 4.74. The van der Waals surface area contributed by atoms with Crippen molar-refractivity contribution in [1.29, 1.82) is 0 Å². The number of para-hydroxylation sites is 3. The summed E-state index contributed by atoms with van der Waals surface area (Å²) in [4.78, 5) is 12.5. The normalized spacial score (nSPS) is 11.1. The Morgan fingerprint density at radius 3 is 2.41 bits per heavy atom. The minimum absolute atomic E-state index is 0.198. The first-order valence-corrected chi connectivity index (χ1v) is 12.0. The minimum atomic E-state index is -0.198. The number of aromatic nitrogens is 6. The van der Waals surface area contributed by atoms with E-state index in [4.69, 9.17) is 23.2 Å². The Bertz CT molecular complexity index is 1450. The number of carbonyl (C=O) groups is 1. The van der Waals surface area contributed by atoms with Crippen molar-refractivity contribution in [2.75, 3.05) is 11.1 Å². The van der Waals surface area contributed by atoms with Gasteiger partial charge in [0.2, 0.25) is 5.91 Å². The van der Waals surface area contributed by atoms with E-state index in [0.29, 0.717) is 32.6 Å². The number of anilines is 1. The van der Waals surface area contributed by atoms with Gasteiger partial charge in [0.25, 0.3) is 5.95 Å². The Morgan fingerprint density at radius 2 is 1.62 bits per heavy atom. The van der Waals surface area contributed by atoms with Gasteiger partial charge < -0.3 is 5.32 Å². The highest BCUT2D eigenvalue weighted by Gasteiger charge is 2.19. The number of hydrogen-bond acceptors (Lipinski definition) is 6. The van der Waals surface area contributed by atoms with E-state index >= 15 is 0 Å². The fraction of sp³-hybridized carbons (Fsp3) is 0.0870. The highest BCUT2D eigenvalue weighted by molar-refractivity contribution is 7.99. The molecule has 0 bridgehead atoms. The first-order chi connectivity index (χ1) is 16.6. The average Bonchev–Trinajstić information content (AvgIpc) is 3.46. The number of rotatable bonds is 7. The number of fused-ring (bicyclic) bond motifs is 1. The van der Waals surface area contributed by atoms with Crippen molar-refractivity contribution in [3.8, 4) is 11.6 Å². The lowest BCUT2D eigenvalue weighted by molar-refractivity contribution is -0.115. The van der Waals surface area contributed by atoms with E-state index in [1.165, 1.54) is 11.8 Å². The summed E-state index contributed by atoms with van der Waals surface area (Å²) in [5, 5.41) is 21.5. The summed E-state index contributed by atoms with van der Waals surface area (Å²) in [7, 11) is 0. The number of hydrogen-bond donors (Lipinski definition) is 1. The van der Waals surface area contributed by atoms with Crippen molar-refractivity contribution in [3.63, 3.8) is 0 Å². The molecule has 11 heteroatoms. The summed E-state index contributed by atoms with van der Waals surface area (Å²) in [5.41, 5.74) is 2.86. The van der Waals surface area contributed by atoms with Crippen LogP contribution in [0, 0.1) is 0 Å². The Balaban J connectivity index is 1.39. The van der Waals surface area contributed by atoms with Gasteiger partial charge in [-0.25, -0.2) is 0 Å². The highest BCUT2D eigenvalue weighted by Crippen LogP contribution is 2.30. The van der Waals surface area contributed by atoms with Crippen LogP contribution in [0.1, 0.15) is 6.42 Å². The van der Waals surface area contributed by atoms with Crippen LogP contribution in [-0.2, 0) is 4.79 Å². The van der Waals surface area contributed by atoms with E-state index in [9.17, 15) is 4.79 Å². The molecule has 0 aliphatic rings. The van der Waals surface area contributed by atoms with Gasteiger partial charge in [-0.05, 0) is 36.4 Å². The van der Waals surface area contributed by atoms with E-state index in [0.717, 1.165) is 16.7 Å². The molecule has 0 unspecified atom stereocenters. The molecular weight excluding hydrogens is 493 g/mol. The number of nitrogens with one attached hydrogen (secondary N) is 1. The molecule has 0 saturated heterocycles. The average molecular weight is 510 g/mol. The van der Waals surface area contributed by atoms with Gasteiger partial charge in [0, 0.05) is 12.2 Å². The maximum Gasteiger partial charge on any atom is 0.259 e. The van der Waals surface area contributed by atoms with Crippen molar-refractivity contribution in [2.45, 2.75) is 11.6 Å². The van der Waals surface area contributed by atoms with Crippen LogP contribution in [-0.4, -0.2) is 41.4 Å². The molecule has 0 fully saturated rings. The summed E-state index contributed by atoms with van der Waals surface area (Å²) >= 11 is 13.7.